The van der Waals surface area contributed by atoms with Gasteiger partial charge in [0.15, 0.2) is 5.96 Å². The lowest BCUT2D eigenvalue weighted by atomic mass is 10.2. The summed E-state index contributed by atoms with van der Waals surface area (Å²) >= 11 is 0. The van der Waals surface area contributed by atoms with Gasteiger partial charge in [-0.3, -0.25) is 19.4 Å². The number of hydrogen-bond acceptors (Lipinski definition) is 5. The molecule has 2 aliphatic heterocycles. The number of aliphatic imine (C=N–C) groups is 1. The van der Waals surface area contributed by atoms with Crippen molar-refractivity contribution in [2.75, 3.05) is 63.9 Å². The van der Waals surface area contributed by atoms with Gasteiger partial charge in [0.2, 0.25) is 5.91 Å². The smallest absolute Gasteiger partial charge is 0.246 e. The highest BCUT2D eigenvalue weighted by molar-refractivity contribution is 5.98. The first-order valence-electron chi connectivity index (χ1n) is 9.72. The Hall–Kier alpha value is -2.13. The molecule has 1 unspecified atom stereocenters. The maximum absolute atomic E-state index is 12.6. The zero-order valence-electron chi connectivity index (χ0n) is 16.6. The van der Waals surface area contributed by atoms with Crippen molar-refractivity contribution in [2.45, 2.75) is 19.9 Å². The molecule has 0 saturated carbocycles. The summed E-state index contributed by atoms with van der Waals surface area (Å²) in [6.45, 7) is 10.9. The molecule has 0 aromatic carbocycles. The van der Waals surface area contributed by atoms with Gasteiger partial charge in [-0.25, -0.2) is 0 Å². The number of guanidine groups is 1. The van der Waals surface area contributed by atoms with E-state index >= 15 is 0 Å². The number of nitrogens with zero attached hydrogens (tertiary/aromatic N) is 6. The standard InChI is InChI=1S/C18H31N7O2/c1-4-19-18(20-5-6-23-9-10-27-14-15(23)2)24-7-8-25(17(26)13-24)16-11-21-22(3)12-16/h11-12,15H,4-10,13-14H2,1-3H3,(H,19,20). The molecule has 27 heavy (non-hydrogen) atoms. The number of anilines is 1. The quantitative estimate of drug-likeness (QED) is 0.563. The number of morpholine rings is 1. The number of carbonyl (C=O) groups excluding carboxylic acids is 1. The van der Waals surface area contributed by atoms with E-state index in [2.05, 4.69) is 22.2 Å². The number of aryl methyl sites for hydroxylation is 1. The van der Waals surface area contributed by atoms with Gasteiger partial charge in [0.25, 0.3) is 0 Å². The molecule has 2 fully saturated rings. The van der Waals surface area contributed by atoms with Crippen LogP contribution in [0.25, 0.3) is 0 Å². The summed E-state index contributed by atoms with van der Waals surface area (Å²) in [6, 6.07) is 0.432. The molecule has 0 aliphatic carbocycles. The summed E-state index contributed by atoms with van der Waals surface area (Å²) in [5.41, 5.74) is 0.852. The summed E-state index contributed by atoms with van der Waals surface area (Å²) in [7, 11) is 1.86. The van der Waals surface area contributed by atoms with Crippen LogP contribution < -0.4 is 10.2 Å². The van der Waals surface area contributed by atoms with Crippen LogP contribution in [0.5, 0.6) is 0 Å². The van der Waals surface area contributed by atoms with E-state index in [1.54, 1.807) is 15.8 Å². The van der Waals surface area contributed by atoms with Crippen molar-refractivity contribution in [3.05, 3.63) is 12.4 Å². The van der Waals surface area contributed by atoms with Crippen molar-refractivity contribution in [1.82, 2.24) is 24.9 Å². The van der Waals surface area contributed by atoms with Crippen LogP contribution in [0.1, 0.15) is 13.8 Å². The predicted octanol–water partition coefficient (Wildman–Crippen LogP) is -0.245. The third kappa shape index (κ3) is 4.98. The Balaban J connectivity index is 1.57. The van der Waals surface area contributed by atoms with E-state index in [-0.39, 0.29) is 5.91 Å². The first-order chi connectivity index (χ1) is 13.1. The number of piperazine rings is 1. The van der Waals surface area contributed by atoms with Gasteiger partial charge < -0.3 is 19.9 Å². The summed E-state index contributed by atoms with van der Waals surface area (Å²) in [5.74, 6) is 0.888. The third-order valence-electron chi connectivity index (χ3n) is 5.01. The second-order valence-electron chi connectivity index (χ2n) is 7.03. The molecular formula is C18H31N7O2. The molecule has 0 bridgehead atoms. The van der Waals surface area contributed by atoms with E-state index in [9.17, 15) is 4.79 Å². The van der Waals surface area contributed by atoms with Crippen molar-refractivity contribution in [2.24, 2.45) is 12.0 Å². The first kappa shape index (κ1) is 19.6. The average molecular weight is 377 g/mol. The molecule has 9 heteroatoms. The molecule has 1 atom stereocenters. The van der Waals surface area contributed by atoms with Gasteiger partial charge >= 0.3 is 0 Å². The summed E-state index contributed by atoms with van der Waals surface area (Å²) < 4.78 is 7.20. The second-order valence-corrected chi connectivity index (χ2v) is 7.03. The normalized spacial score (nSPS) is 22.4. The van der Waals surface area contributed by atoms with Gasteiger partial charge in [-0.15, -0.1) is 0 Å². The molecule has 1 aromatic rings. The minimum atomic E-state index is 0.0710. The highest BCUT2D eigenvalue weighted by atomic mass is 16.5. The van der Waals surface area contributed by atoms with Crippen LogP contribution in [-0.2, 0) is 16.6 Å². The molecule has 1 aromatic heterocycles. The van der Waals surface area contributed by atoms with Gasteiger partial charge in [-0.05, 0) is 13.8 Å². The van der Waals surface area contributed by atoms with Crippen molar-refractivity contribution in [3.63, 3.8) is 0 Å². The lowest BCUT2D eigenvalue weighted by Crippen LogP contribution is -2.55. The highest BCUT2D eigenvalue weighted by Crippen LogP contribution is 2.16. The van der Waals surface area contributed by atoms with Gasteiger partial charge in [0.05, 0.1) is 31.6 Å². The first-order valence-corrected chi connectivity index (χ1v) is 9.72. The van der Waals surface area contributed by atoms with Crippen molar-refractivity contribution in [1.29, 1.82) is 0 Å². The van der Waals surface area contributed by atoms with Crippen LogP contribution in [-0.4, -0.2) is 96.5 Å². The van der Waals surface area contributed by atoms with Crippen LogP contribution in [0.4, 0.5) is 5.69 Å². The maximum atomic E-state index is 12.6. The van der Waals surface area contributed by atoms with E-state index in [0.717, 1.165) is 51.0 Å². The van der Waals surface area contributed by atoms with E-state index in [4.69, 9.17) is 9.73 Å². The number of hydrogen-bond donors (Lipinski definition) is 1. The average Bonchev–Trinajstić information content (AvgIpc) is 3.08. The second kappa shape index (κ2) is 9.18. The van der Waals surface area contributed by atoms with Gasteiger partial charge in [-0.2, -0.15) is 5.10 Å². The van der Waals surface area contributed by atoms with Crippen LogP contribution in [0.3, 0.4) is 0 Å². The molecular weight excluding hydrogens is 346 g/mol. The fourth-order valence-corrected chi connectivity index (χ4v) is 3.48. The Morgan fingerprint density at radius 2 is 2.26 bits per heavy atom. The van der Waals surface area contributed by atoms with Crippen LogP contribution in [0, 0.1) is 0 Å². The van der Waals surface area contributed by atoms with Gasteiger partial charge in [-0.1, -0.05) is 0 Å². The van der Waals surface area contributed by atoms with Gasteiger partial charge in [0.1, 0.15) is 6.54 Å². The largest absolute Gasteiger partial charge is 0.379 e. The molecule has 0 spiro atoms. The molecule has 2 saturated heterocycles. The SMILES string of the molecule is CCNC(=NCCN1CCOCC1C)N1CCN(c2cnn(C)c2)C(=O)C1. The molecule has 1 N–H and O–H groups in total. The minimum Gasteiger partial charge on any atom is -0.379 e. The minimum absolute atomic E-state index is 0.0710. The molecule has 3 heterocycles. The van der Waals surface area contributed by atoms with Crippen LogP contribution in [0.2, 0.25) is 0 Å². The van der Waals surface area contributed by atoms with Crippen molar-refractivity contribution >= 4 is 17.6 Å². The zero-order valence-corrected chi connectivity index (χ0v) is 16.6. The molecule has 0 radical (unpaired) electrons. The topological polar surface area (TPSA) is 78.2 Å². The number of ether oxygens (including phenoxy) is 1. The van der Waals surface area contributed by atoms with E-state index < -0.39 is 0 Å². The third-order valence-corrected chi connectivity index (χ3v) is 5.01. The summed E-state index contributed by atoms with van der Waals surface area (Å²) in [5, 5.41) is 7.49. The Morgan fingerprint density at radius 3 is 2.93 bits per heavy atom. The number of rotatable bonds is 5. The van der Waals surface area contributed by atoms with Crippen molar-refractivity contribution in [3.8, 4) is 0 Å². The fourth-order valence-electron chi connectivity index (χ4n) is 3.48. The fraction of sp³-hybridized carbons (Fsp3) is 0.722. The predicted molar refractivity (Wildman–Crippen MR) is 105 cm³/mol. The van der Waals surface area contributed by atoms with Crippen molar-refractivity contribution < 1.29 is 9.53 Å². The van der Waals surface area contributed by atoms with E-state index in [1.165, 1.54) is 0 Å². The monoisotopic (exact) mass is 377 g/mol. The Kier molecular flexibility index (Phi) is 6.68. The van der Waals surface area contributed by atoms with Crippen LogP contribution >= 0.6 is 0 Å². The summed E-state index contributed by atoms with van der Waals surface area (Å²) in [6.07, 6.45) is 3.60. The van der Waals surface area contributed by atoms with Gasteiger partial charge in [0, 0.05) is 52.0 Å². The lowest BCUT2D eigenvalue weighted by Gasteiger charge is -2.36. The maximum Gasteiger partial charge on any atom is 0.246 e. The number of aromatic nitrogens is 2. The van der Waals surface area contributed by atoms with Crippen LogP contribution in [0.15, 0.2) is 17.4 Å². The van der Waals surface area contributed by atoms with E-state index in [1.807, 2.05) is 25.1 Å². The molecule has 9 nitrogen and oxygen atoms in total. The highest BCUT2D eigenvalue weighted by Gasteiger charge is 2.27. The molecule has 3 rings (SSSR count). The number of nitrogens with one attached hydrogen (secondary N) is 1. The Labute approximate surface area is 161 Å². The Morgan fingerprint density at radius 1 is 1.41 bits per heavy atom. The zero-order chi connectivity index (χ0) is 19.2. The Bertz CT molecular complexity index is 660. The lowest BCUT2D eigenvalue weighted by molar-refractivity contribution is -0.120. The summed E-state index contributed by atoms with van der Waals surface area (Å²) in [4.78, 5) is 23.6. The number of amides is 1. The molecule has 1 amide bonds. The van der Waals surface area contributed by atoms with E-state index in [0.29, 0.717) is 25.7 Å². The molecule has 2 aliphatic rings. The number of carbonyl (C=O) groups is 1. The molecule has 150 valence electrons.